The van der Waals surface area contributed by atoms with Crippen LogP contribution < -0.4 is 5.73 Å². The first kappa shape index (κ1) is 15.4. The van der Waals surface area contributed by atoms with Crippen molar-refractivity contribution < 1.29 is 0 Å². The smallest absolute Gasteiger partial charge is 0.180 e. The van der Waals surface area contributed by atoms with Crippen molar-refractivity contribution in [1.82, 2.24) is 14.8 Å². The second-order valence-electron chi connectivity index (χ2n) is 5.33. The van der Waals surface area contributed by atoms with Crippen molar-refractivity contribution in [1.29, 1.82) is 0 Å². The van der Waals surface area contributed by atoms with Gasteiger partial charge in [-0.2, -0.15) is 0 Å². The fourth-order valence-electron chi connectivity index (χ4n) is 2.14. The van der Waals surface area contributed by atoms with Gasteiger partial charge >= 0.3 is 0 Å². The Labute approximate surface area is 115 Å². The first-order valence-electron chi connectivity index (χ1n) is 6.54. The quantitative estimate of drug-likeness (QED) is 0.825. The molecule has 5 heteroatoms. The molecule has 0 aliphatic heterocycles. The molecule has 0 amide bonds. The Kier molecular flexibility index (Phi) is 6.05. The average Bonchev–Trinajstić information content (AvgIpc) is 2.62. The largest absolute Gasteiger partial charge is 0.375 e. The lowest BCUT2D eigenvalue weighted by molar-refractivity contribution is 0.151. The summed E-state index contributed by atoms with van der Waals surface area (Å²) in [6, 6.07) is 1.19. The Morgan fingerprint density at radius 2 is 1.83 bits per heavy atom. The van der Waals surface area contributed by atoms with E-state index in [9.17, 15) is 0 Å². The van der Waals surface area contributed by atoms with Crippen LogP contribution in [-0.2, 0) is 6.54 Å². The van der Waals surface area contributed by atoms with Gasteiger partial charge in [-0.3, -0.25) is 9.80 Å². The van der Waals surface area contributed by atoms with Gasteiger partial charge < -0.3 is 5.73 Å². The van der Waals surface area contributed by atoms with Crippen LogP contribution in [-0.4, -0.2) is 47.0 Å². The normalized spacial score (nSPS) is 12.3. The topological polar surface area (TPSA) is 45.4 Å². The van der Waals surface area contributed by atoms with Crippen LogP contribution in [0.3, 0.4) is 0 Å². The van der Waals surface area contributed by atoms with Crippen LogP contribution in [0.2, 0.25) is 0 Å². The Bertz CT molecular complexity index is 341. The summed E-state index contributed by atoms with van der Waals surface area (Å²) >= 11 is 1.57. The van der Waals surface area contributed by atoms with E-state index in [1.54, 1.807) is 11.3 Å². The summed E-state index contributed by atoms with van der Waals surface area (Å²) in [5.41, 5.74) is 5.64. The fraction of sp³-hybridized carbons (Fsp3) is 0.769. The predicted molar refractivity (Wildman–Crippen MR) is 79.8 cm³/mol. The summed E-state index contributed by atoms with van der Waals surface area (Å²) in [4.78, 5) is 10.1. The summed E-state index contributed by atoms with van der Waals surface area (Å²) in [5.74, 6) is 0. The molecule has 0 aliphatic rings. The third kappa shape index (κ3) is 4.92. The summed E-state index contributed by atoms with van der Waals surface area (Å²) in [7, 11) is 2.15. The molecule has 0 aromatic carbocycles. The van der Waals surface area contributed by atoms with Crippen LogP contribution in [0.15, 0.2) is 6.20 Å². The zero-order chi connectivity index (χ0) is 13.7. The number of hydrogen-bond acceptors (Lipinski definition) is 5. The molecular weight excluding hydrogens is 244 g/mol. The molecule has 0 spiro atoms. The Hall–Kier alpha value is -0.650. The number of anilines is 1. The highest BCUT2D eigenvalue weighted by Crippen LogP contribution is 2.16. The maximum absolute atomic E-state index is 5.64. The monoisotopic (exact) mass is 270 g/mol. The van der Waals surface area contributed by atoms with Gasteiger partial charge in [0.2, 0.25) is 0 Å². The number of hydrogen-bond donors (Lipinski definition) is 1. The van der Waals surface area contributed by atoms with Gasteiger partial charge in [-0.15, -0.1) is 11.3 Å². The molecule has 2 N–H and O–H groups in total. The lowest BCUT2D eigenvalue weighted by Gasteiger charge is -2.32. The van der Waals surface area contributed by atoms with Crippen LogP contribution in [0.25, 0.3) is 0 Å². The molecule has 0 radical (unpaired) electrons. The molecule has 0 saturated carbocycles. The lowest BCUT2D eigenvalue weighted by Crippen LogP contribution is -2.41. The minimum absolute atomic E-state index is 0.595. The van der Waals surface area contributed by atoms with Gasteiger partial charge in [-0.1, -0.05) is 0 Å². The van der Waals surface area contributed by atoms with Gasteiger partial charge in [0.25, 0.3) is 0 Å². The molecule has 104 valence electrons. The number of nitrogen functional groups attached to an aromatic ring is 1. The van der Waals surface area contributed by atoms with E-state index in [-0.39, 0.29) is 0 Å². The summed E-state index contributed by atoms with van der Waals surface area (Å²) in [6.45, 7) is 12.1. The van der Waals surface area contributed by atoms with E-state index in [0.717, 1.165) is 19.6 Å². The highest BCUT2D eigenvalue weighted by atomic mass is 32.1. The lowest BCUT2D eigenvalue weighted by atomic mass is 10.2. The molecular formula is C13H26N4S. The van der Waals surface area contributed by atoms with Crippen LogP contribution >= 0.6 is 11.3 Å². The van der Waals surface area contributed by atoms with Crippen molar-refractivity contribution in [3.8, 4) is 0 Å². The molecule has 0 fully saturated rings. The van der Waals surface area contributed by atoms with Gasteiger partial charge in [0, 0.05) is 42.8 Å². The van der Waals surface area contributed by atoms with Crippen molar-refractivity contribution in [2.24, 2.45) is 0 Å². The zero-order valence-electron chi connectivity index (χ0n) is 12.2. The highest BCUT2D eigenvalue weighted by Gasteiger charge is 2.14. The maximum atomic E-state index is 5.64. The van der Waals surface area contributed by atoms with E-state index in [4.69, 9.17) is 5.73 Å². The van der Waals surface area contributed by atoms with Crippen molar-refractivity contribution in [2.45, 2.75) is 46.3 Å². The third-order valence-electron chi connectivity index (χ3n) is 3.06. The minimum Gasteiger partial charge on any atom is -0.375 e. The number of rotatable bonds is 7. The molecule has 1 rings (SSSR count). The molecule has 0 atom stereocenters. The van der Waals surface area contributed by atoms with Crippen molar-refractivity contribution in [2.75, 3.05) is 25.9 Å². The standard InChI is InChI=1S/C13H26N4S/c1-10(2)17(11(3)4)7-6-16(5)9-12-8-15-13(14)18-12/h8,10-11H,6-7,9H2,1-5H3,(H2,14,15). The first-order chi connectivity index (χ1) is 8.40. The predicted octanol–water partition coefficient (Wildman–Crippen LogP) is 2.28. The van der Waals surface area contributed by atoms with E-state index in [0.29, 0.717) is 17.2 Å². The molecule has 18 heavy (non-hydrogen) atoms. The van der Waals surface area contributed by atoms with Gasteiger partial charge in [0.15, 0.2) is 5.13 Å². The molecule has 0 bridgehead atoms. The summed E-state index contributed by atoms with van der Waals surface area (Å²) in [5, 5.41) is 0.657. The molecule has 1 heterocycles. The highest BCUT2D eigenvalue weighted by molar-refractivity contribution is 7.15. The molecule has 4 nitrogen and oxygen atoms in total. The first-order valence-corrected chi connectivity index (χ1v) is 7.36. The second-order valence-corrected chi connectivity index (χ2v) is 6.47. The van der Waals surface area contributed by atoms with Crippen LogP contribution in [0, 0.1) is 0 Å². The number of thiazole rings is 1. The number of likely N-dealkylation sites (N-methyl/N-ethyl adjacent to an activating group) is 1. The average molecular weight is 270 g/mol. The van der Waals surface area contributed by atoms with Crippen molar-refractivity contribution in [3.63, 3.8) is 0 Å². The molecule has 1 aromatic rings. The van der Waals surface area contributed by atoms with Crippen LogP contribution in [0.4, 0.5) is 5.13 Å². The Balaban J connectivity index is 2.38. The van der Waals surface area contributed by atoms with E-state index in [2.05, 4.69) is 49.5 Å². The summed E-state index contributed by atoms with van der Waals surface area (Å²) in [6.07, 6.45) is 1.87. The second kappa shape index (κ2) is 7.07. The van der Waals surface area contributed by atoms with Crippen molar-refractivity contribution >= 4 is 16.5 Å². The van der Waals surface area contributed by atoms with Crippen LogP contribution in [0.5, 0.6) is 0 Å². The zero-order valence-corrected chi connectivity index (χ0v) is 13.0. The molecule has 0 aliphatic carbocycles. The van der Waals surface area contributed by atoms with Gasteiger partial charge in [-0.25, -0.2) is 4.98 Å². The van der Waals surface area contributed by atoms with Gasteiger partial charge in [0.05, 0.1) is 0 Å². The number of nitrogens with two attached hydrogens (primary N) is 1. The van der Waals surface area contributed by atoms with Gasteiger partial charge in [-0.05, 0) is 34.7 Å². The third-order valence-corrected chi connectivity index (χ3v) is 3.87. The van der Waals surface area contributed by atoms with E-state index < -0.39 is 0 Å². The fourth-order valence-corrected chi connectivity index (χ4v) is 2.90. The summed E-state index contributed by atoms with van der Waals surface area (Å²) < 4.78 is 0. The molecule has 0 saturated heterocycles. The van der Waals surface area contributed by atoms with Crippen molar-refractivity contribution in [3.05, 3.63) is 11.1 Å². The Morgan fingerprint density at radius 3 is 2.28 bits per heavy atom. The minimum atomic E-state index is 0.595. The Morgan fingerprint density at radius 1 is 1.22 bits per heavy atom. The van der Waals surface area contributed by atoms with Crippen LogP contribution in [0.1, 0.15) is 32.6 Å². The van der Waals surface area contributed by atoms with E-state index in [1.165, 1.54) is 4.88 Å². The van der Waals surface area contributed by atoms with Gasteiger partial charge in [0.1, 0.15) is 0 Å². The molecule has 1 aromatic heterocycles. The van der Waals surface area contributed by atoms with E-state index >= 15 is 0 Å². The maximum Gasteiger partial charge on any atom is 0.180 e. The number of nitrogens with zero attached hydrogens (tertiary/aromatic N) is 3. The molecule has 0 unspecified atom stereocenters. The van der Waals surface area contributed by atoms with E-state index in [1.807, 2.05) is 6.20 Å². The number of aromatic nitrogens is 1. The SMILES string of the molecule is CC(C)N(CCN(C)Cc1cnc(N)s1)C(C)C.